The molecule has 2 fully saturated rings. The molecule has 3 aromatic carbocycles. The summed E-state index contributed by atoms with van der Waals surface area (Å²) in [4.78, 5) is 42.7. The largest absolute Gasteiger partial charge is 0.497 e. The smallest absolute Gasteiger partial charge is 0.303 e. The molecule has 1 saturated carbocycles. The molecule has 2 amide bonds. The first-order valence-electron chi connectivity index (χ1n) is 18.3. The lowest BCUT2D eigenvalue weighted by molar-refractivity contribution is -0.138. The van der Waals surface area contributed by atoms with E-state index in [1.54, 1.807) is 12.0 Å². The summed E-state index contributed by atoms with van der Waals surface area (Å²) in [7, 11) is 1.61. The number of fused-ring (bicyclic) bond motifs is 2. The second kappa shape index (κ2) is 17.4. The second-order valence-corrected chi connectivity index (χ2v) is 14.3. The number of hydrogen-bond donors (Lipinski definition) is 2. The van der Waals surface area contributed by atoms with Crippen molar-refractivity contribution in [3.63, 3.8) is 0 Å². The van der Waals surface area contributed by atoms with E-state index in [0.717, 1.165) is 35.1 Å². The van der Waals surface area contributed by atoms with Crippen LogP contribution in [0.4, 0.5) is 0 Å². The molecule has 2 N–H and O–H groups in total. The first-order chi connectivity index (χ1) is 25.6. The fourth-order valence-corrected chi connectivity index (χ4v) is 7.26. The Morgan fingerprint density at radius 1 is 0.887 bits per heavy atom. The molecular formula is C41H48ClN3O8. The summed E-state index contributed by atoms with van der Waals surface area (Å²) < 4.78 is 23.3. The highest BCUT2D eigenvalue weighted by Gasteiger charge is 2.43. The Hall–Kier alpha value is -4.74. The Kier molecular flexibility index (Phi) is 12.5. The molecular weight excluding hydrogens is 698 g/mol. The van der Waals surface area contributed by atoms with E-state index in [1.807, 2.05) is 79.4 Å². The van der Waals surface area contributed by atoms with Gasteiger partial charge in [0, 0.05) is 49.7 Å². The lowest BCUT2D eigenvalue weighted by Crippen LogP contribution is -2.62. The third-order valence-electron chi connectivity index (χ3n) is 10.0. The van der Waals surface area contributed by atoms with Crippen molar-refractivity contribution in [2.24, 2.45) is 0 Å². The zero-order chi connectivity index (χ0) is 37.5. The molecule has 12 heteroatoms. The zero-order valence-corrected chi connectivity index (χ0v) is 31.3. The number of nitrogens with zero attached hydrogens (tertiary/aromatic N) is 2. The summed E-state index contributed by atoms with van der Waals surface area (Å²) in [5, 5.41) is 13.3. The number of ether oxygens (including phenoxy) is 4. The topological polar surface area (TPSA) is 127 Å². The molecule has 2 atom stereocenters. The second-order valence-electron chi connectivity index (χ2n) is 13.9. The molecule has 6 rings (SSSR count). The summed E-state index contributed by atoms with van der Waals surface area (Å²) in [6, 6.07) is 18.7. The van der Waals surface area contributed by atoms with Crippen LogP contribution in [0.2, 0.25) is 5.02 Å². The van der Waals surface area contributed by atoms with Gasteiger partial charge in [0.15, 0.2) is 0 Å². The van der Waals surface area contributed by atoms with E-state index < -0.39 is 5.97 Å². The Balaban J connectivity index is 1.19. The van der Waals surface area contributed by atoms with E-state index in [1.165, 1.54) is 0 Å². The number of benzene rings is 3. The minimum atomic E-state index is -0.919. The molecule has 3 aliphatic rings. The molecule has 3 aromatic rings. The number of carbonyl (C=O) groups excluding carboxylic acids is 2. The van der Waals surface area contributed by atoms with Gasteiger partial charge in [-0.25, -0.2) is 0 Å². The average molecular weight is 746 g/mol. The molecule has 2 heterocycles. The molecule has 53 heavy (non-hydrogen) atoms. The average Bonchev–Trinajstić information content (AvgIpc) is 3.99. The fourth-order valence-electron chi connectivity index (χ4n) is 6.99. The third kappa shape index (κ3) is 9.83. The van der Waals surface area contributed by atoms with Crippen LogP contribution < -0.4 is 24.3 Å². The molecule has 282 valence electrons. The number of amides is 2. The van der Waals surface area contributed by atoms with Crippen LogP contribution >= 0.6 is 11.6 Å². The van der Waals surface area contributed by atoms with Crippen LogP contribution in [0, 0.1) is 13.8 Å². The summed E-state index contributed by atoms with van der Waals surface area (Å²) in [5.74, 6) is 1.60. The van der Waals surface area contributed by atoms with Crippen molar-refractivity contribution in [2.45, 2.75) is 70.5 Å². The molecule has 0 aromatic heterocycles. The molecule has 0 radical (unpaired) electrons. The summed E-state index contributed by atoms with van der Waals surface area (Å²) in [6.45, 7) is 6.22. The number of hydrogen-bond acceptors (Lipinski definition) is 8. The van der Waals surface area contributed by atoms with Gasteiger partial charge in [-0.05, 0) is 98.2 Å². The summed E-state index contributed by atoms with van der Waals surface area (Å²) in [6.07, 6.45) is 2.79. The number of aliphatic carboxylic acids is 1. The van der Waals surface area contributed by atoms with Crippen molar-refractivity contribution in [3.05, 3.63) is 87.9 Å². The van der Waals surface area contributed by atoms with Gasteiger partial charge in [-0.1, -0.05) is 29.8 Å². The van der Waals surface area contributed by atoms with Gasteiger partial charge >= 0.3 is 5.97 Å². The van der Waals surface area contributed by atoms with Gasteiger partial charge in [0.05, 0.1) is 24.7 Å². The predicted molar refractivity (Wildman–Crippen MR) is 202 cm³/mol. The predicted octanol–water partition coefficient (Wildman–Crippen LogP) is 6.07. The van der Waals surface area contributed by atoms with Gasteiger partial charge < -0.3 is 39.2 Å². The molecule has 1 saturated heterocycles. The maximum absolute atomic E-state index is 14.7. The van der Waals surface area contributed by atoms with E-state index >= 15 is 0 Å². The Morgan fingerprint density at radius 3 is 2.34 bits per heavy atom. The molecule has 11 nitrogen and oxygen atoms in total. The van der Waals surface area contributed by atoms with Crippen LogP contribution in [0.3, 0.4) is 0 Å². The van der Waals surface area contributed by atoms with Crippen molar-refractivity contribution in [1.82, 2.24) is 15.1 Å². The van der Waals surface area contributed by atoms with E-state index in [9.17, 15) is 14.4 Å². The van der Waals surface area contributed by atoms with Crippen LogP contribution in [0.1, 0.15) is 55.2 Å². The van der Waals surface area contributed by atoms with Crippen LogP contribution in [-0.2, 0) is 14.4 Å². The highest BCUT2D eigenvalue weighted by molar-refractivity contribution is 6.32. The molecule has 0 spiro atoms. The number of carbonyl (C=O) groups is 3. The standard InChI is InChI=1S/C41H48ClN3O8/c1-26-20-35(42)37(21-27(26)2)53-19-18-52-31-14-10-28(11-15-31)34-22-29-24-44(38(46)8-5-9-39(47)48)25-36(43-29)40(34)41(49)45(30-12-13-30)16-17-51-33-7-4-6-32(23-33)50-3/h4,6-7,10-11,14-15,20-21,23,29-30,36,43H,5,8-9,12-13,16-19,22,24-25H2,1-3H3,(H,47,48)/t29-,36-/m1/s1. The van der Waals surface area contributed by atoms with Crippen LogP contribution in [-0.4, -0.2) is 97.4 Å². The number of carboxylic acid groups (broad SMARTS) is 1. The van der Waals surface area contributed by atoms with Gasteiger partial charge in [0.1, 0.15) is 42.8 Å². The monoisotopic (exact) mass is 745 g/mol. The molecule has 0 unspecified atom stereocenters. The number of aryl methyl sites for hydroxylation is 2. The van der Waals surface area contributed by atoms with Gasteiger partial charge in [-0.15, -0.1) is 0 Å². The van der Waals surface area contributed by atoms with Crippen molar-refractivity contribution in [1.29, 1.82) is 0 Å². The highest BCUT2D eigenvalue weighted by Crippen LogP contribution is 2.37. The van der Waals surface area contributed by atoms with Crippen molar-refractivity contribution >= 4 is 35.0 Å². The minimum Gasteiger partial charge on any atom is -0.497 e. The van der Waals surface area contributed by atoms with Crippen LogP contribution in [0.25, 0.3) is 5.57 Å². The number of nitrogens with one attached hydrogen (secondary N) is 1. The lowest BCUT2D eigenvalue weighted by atomic mass is 9.82. The van der Waals surface area contributed by atoms with Crippen molar-refractivity contribution in [2.75, 3.05) is 46.6 Å². The normalized spacial score (nSPS) is 18.0. The Morgan fingerprint density at radius 2 is 1.60 bits per heavy atom. The Labute approximate surface area is 315 Å². The minimum absolute atomic E-state index is 0.0554. The molecule has 2 bridgehead atoms. The van der Waals surface area contributed by atoms with Crippen molar-refractivity contribution < 1.29 is 38.4 Å². The van der Waals surface area contributed by atoms with Crippen LogP contribution in [0.15, 0.2) is 66.2 Å². The SMILES string of the molecule is COc1cccc(OCCN(C(=O)C2=C(c3ccc(OCCOc4cc(C)c(C)cc4Cl)cc3)C[C@@H]3CN(C(=O)CCCC(=O)O)C[C@H]2N3)C2CC2)c1. The number of piperazine rings is 1. The summed E-state index contributed by atoms with van der Waals surface area (Å²) in [5.41, 5.74) is 4.76. The quantitative estimate of drug-likeness (QED) is 0.158. The number of methoxy groups -OCH3 is 1. The van der Waals surface area contributed by atoms with Crippen LogP contribution in [0.5, 0.6) is 23.0 Å². The first kappa shape index (κ1) is 38.0. The zero-order valence-electron chi connectivity index (χ0n) is 30.6. The maximum atomic E-state index is 14.7. The molecule has 2 aliphatic heterocycles. The Bertz CT molecular complexity index is 1830. The fraction of sp³-hybridized carbons (Fsp3) is 0.439. The highest BCUT2D eigenvalue weighted by atomic mass is 35.5. The van der Waals surface area contributed by atoms with Gasteiger partial charge in [-0.3, -0.25) is 14.4 Å². The summed E-state index contributed by atoms with van der Waals surface area (Å²) >= 11 is 6.36. The first-order valence-corrected chi connectivity index (χ1v) is 18.7. The van der Waals surface area contributed by atoms with E-state index in [4.69, 9.17) is 35.7 Å². The third-order valence-corrected chi connectivity index (χ3v) is 10.3. The van der Waals surface area contributed by atoms with Gasteiger partial charge in [-0.2, -0.15) is 0 Å². The van der Waals surface area contributed by atoms with E-state index in [0.29, 0.717) is 79.5 Å². The van der Waals surface area contributed by atoms with Gasteiger partial charge in [0.25, 0.3) is 5.91 Å². The van der Waals surface area contributed by atoms with Crippen molar-refractivity contribution in [3.8, 4) is 23.0 Å². The van der Waals surface area contributed by atoms with E-state index in [-0.39, 0.29) is 49.2 Å². The number of halogens is 1. The maximum Gasteiger partial charge on any atom is 0.303 e. The van der Waals surface area contributed by atoms with Gasteiger partial charge in [0.2, 0.25) is 5.91 Å². The van der Waals surface area contributed by atoms with E-state index in [2.05, 4.69) is 5.32 Å². The number of carboxylic acids is 1. The molecule has 1 aliphatic carbocycles. The lowest BCUT2D eigenvalue weighted by Gasteiger charge is -2.45. The number of rotatable bonds is 17.